The number of rotatable bonds is 11. The van der Waals surface area contributed by atoms with E-state index in [0.717, 1.165) is 11.1 Å². The third-order valence-electron chi connectivity index (χ3n) is 4.17. The molecule has 11 N–H and O–H groups in total. The Kier molecular flexibility index (Phi) is 10.1. The van der Waals surface area contributed by atoms with Crippen molar-refractivity contribution in [2.75, 3.05) is 26.3 Å². The number of ether oxygens (including phenoxy) is 3. The molecule has 12 heteroatoms. The predicted octanol–water partition coefficient (Wildman–Crippen LogP) is -4.73. The van der Waals surface area contributed by atoms with Crippen LogP contribution in [0.1, 0.15) is 18.1 Å². The smallest absolute Gasteiger partial charge is 0.455 e. The zero-order chi connectivity index (χ0) is 23.4. The molecule has 1 unspecified atom stereocenters. The van der Waals surface area contributed by atoms with Crippen molar-refractivity contribution < 1.29 is 38.9 Å². The normalized spacial score (nSPS) is 12.4. The van der Waals surface area contributed by atoms with Crippen LogP contribution in [0.2, 0.25) is 0 Å². The molecule has 1 atom stereocenters. The van der Waals surface area contributed by atoms with Gasteiger partial charge in [-0.3, -0.25) is 37.7 Å². The summed E-state index contributed by atoms with van der Waals surface area (Å²) in [5, 5.41) is 9.70. The maximum absolute atomic E-state index is 12.6. The topological polar surface area (TPSA) is 214 Å². The lowest BCUT2D eigenvalue weighted by molar-refractivity contribution is -0.510. The number of hydrogen-bond acceptors (Lipinski definition) is 6. The first kappa shape index (κ1) is 25.5. The monoisotopic (exact) mass is 440 g/mol. The Balaban J connectivity index is 2.66. The van der Waals surface area contributed by atoms with Gasteiger partial charge in [0.25, 0.3) is 0 Å². The van der Waals surface area contributed by atoms with E-state index in [9.17, 15) is 14.7 Å². The van der Waals surface area contributed by atoms with Crippen LogP contribution in [0.4, 0.5) is 4.79 Å². The number of aliphatic hydroxyl groups excluding tert-OH is 1. The number of nitrogens with two attached hydrogens (primary N) is 4. The number of guanidine groups is 2. The number of hydrogen-bond donors (Lipinski definition) is 7. The van der Waals surface area contributed by atoms with E-state index in [4.69, 9.17) is 37.1 Å². The molecular weight excluding hydrogens is 408 g/mol. The van der Waals surface area contributed by atoms with Gasteiger partial charge < -0.3 is 19.3 Å². The summed E-state index contributed by atoms with van der Waals surface area (Å²) in [7, 11) is 0. The highest BCUT2D eigenvalue weighted by Gasteiger charge is 2.38. The molecule has 31 heavy (non-hydrogen) atoms. The van der Waals surface area contributed by atoms with E-state index >= 15 is 0 Å². The summed E-state index contributed by atoms with van der Waals surface area (Å²) in [6, 6.07) is 7.40. The van der Waals surface area contributed by atoms with Gasteiger partial charge in [0.1, 0.15) is 31.7 Å². The standard InChI is InChI=1S/C19H30N6O6/c1-12-3-5-13(6-4-12)9-29-18(28)30-11-19(2,10-26)15(27)31-14(7-24-16(20)21)8-25-17(22)23/h3-6,14,26H,7-11H2,1-2H3,(H4,20,21,24)(H4,22,23,25)/p+2. The third kappa shape index (κ3) is 9.67. The first-order valence-corrected chi connectivity index (χ1v) is 9.46. The largest absolute Gasteiger partial charge is 0.508 e. The molecule has 0 aliphatic heterocycles. The van der Waals surface area contributed by atoms with Crippen LogP contribution in [0, 0.1) is 12.3 Å². The molecule has 1 aromatic rings. The number of nitrogens with one attached hydrogen (secondary N) is 2. The second-order valence-electron chi connectivity index (χ2n) is 7.23. The Hall–Kier alpha value is -3.54. The fourth-order valence-electron chi connectivity index (χ4n) is 2.17. The third-order valence-corrected chi connectivity index (χ3v) is 4.17. The van der Waals surface area contributed by atoms with Gasteiger partial charge in [-0.05, 0) is 19.4 Å². The molecule has 0 saturated carbocycles. The van der Waals surface area contributed by atoms with Crippen molar-refractivity contribution >= 4 is 24.0 Å². The SMILES string of the molecule is Cc1ccc(COC(=O)OCC(C)(CO)C(=O)OC(C[NH+]=C(N)N)C[NH+]=C(N)N)cc1. The van der Waals surface area contributed by atoms with Gasteiger partial charge >= 0.3 is 24.0 Å². The van der Waals surface area contributed by atoms with Crippen molar-refractivity contribution in [2.45, 2.75) is 26.6 Å². The molecule has 0 amide bonds. The van der Waals surface area contributed by atoms with Crippen molar-refractivity contribution in [3.8, 4) is 0 Å². The van der Waals surface area contributed by atoms with Crippen molar-refractivity contribution in [3.05, 3.63) is 35.4 Å². The van der Waals surface area contributed by atoms with Gasteiger partial charge in [-0.25, -0.2) is 4.79 Å². The highest BCUT2D eigenvalue weighted by Crippen LogP contribution is 2.19. The second kappa shape index (κ2) is 12.2. The van der Waals surface area contributed by atoms with Gasteiger partial charge in [-0.15, -0.1) is 0 Å². The van der Waals surface area contributed by atoms with Gasteiger partial charge in [-0.1, -0.05) is 29.8 Å². The molecule has 0 fully saturated rings. The summed E-state index contributed by atoms with van der Waals surface area (Å²) >= 11 is 0. The van der Waals surface area contributed by atoms with E-state index < -0.39 is 36.9 Å². The molecule has 1 aromatic carbocycles. The molecule has 0 spiro atoms. The van der Waals surface area contributed by atoms with Crippen LogP contribution < -0.4 is 32.9 Å². The Morgan fingerprint density at radius 3 is 2.06 bits per heavy atom. The molecule has 0 aromatic heterocycles. The van der Waals surface area contributed by atoms with E-state index in [2.05, 4.69) is 9.98 Å². The van der Waals surface area contributed by atoms with Gasteiger partial charge in [0, 0.05) is 0 Å². The van der Waals surface area contributed by atoms with E-state index in [1.807, 2.05) is 31.2 Å². The van der Waals surface area contributed by atoms with Crippen molar-refractivity contribution in [1.82, 2.24) is 0 Å². The predicted molar refractivity (Wildman–Crippen MR) is 111 cm³/mol. The van der Waals surface area contributed by atoms with E-state index in [-0.39, 0.29) is 31.6 Å². The van der Waals surface area contributed by atoms with Crippen LogP contribution in [0.15, 0.2) is 24.3 Å². The van der Waals surface area contributed by atoms with Crippen LogP contribution in [0.3, 0.4) is 0 Å². The van der Waals surface area contributed by atoms with Gasteiger partial charge in [0.2, 0.25) is 0 Å². The molecule has 172 valence electrons. The highest BCUT2D eigenvalue weighted by atomic mass is 16.7. The van der Waals surface area contributed by atoms with Crippen molar-refractivity contribution in [1.29, 1.82) is 0 Å². The zero-order valence-corrected chi connectivity index (χ0v) is 17.7. The molecule has 0 heterocycles. The molecule has 0 aliphatic carbocycles. The van der Waals surface area contributed by atoms with Crippen LogP contribution in [-0.2, 0) is 25.6 Å². The summed E-state index contributed by atoms with van der Waals surface area (Å²) in [6.07, 6.45) is -1.78. The number of aryl methyl sites for hydroxylation is 1. The minimum Gasteiger partial charge on any atom is -0.455 e. The number of aliphatic hydroxyl groups is 1. The van der Waals surface area contributed by atoms with Crippen molar-refractivity contribution in [3.63, 3.8) is 0 Å². The van der Waals surface area contributed by atoms with Crippen molar-refractivity contribution in [2.24, 2.45) is 28.3 Å². The summed E-state index contributed by atoms with van der Waals surface area (Å²) in [5.74, 6) is -0.966. The molecule has 0 bridgehead atoms. The fraction of sp³-hybridized carbons (Fsp3) is 0.474. The Labute approximate surface area is 180 Å². The maximum atomic E-state index is 12.6. The molecular formula is C19H32N6O6+2. The molecule has 0 aliphatic rings. The van der Waals surface area contributed by atoms with Crippen LogP contribution in [-0.4, -0.2) is 61.6 Å². The molecule has 0 saturated heterocycles. The lowest BCUT2D eigenvalue weighted by Crippen LogP contribution is -2.86. The van der Waals surface area contributed by atoms with Crippen LogP contribution in [0.5, 0.6) is 0 Å². The van der Waals surface area contributed by atoms with E-state index in [1.54, 1.807) is 0 Å². The summed E-state index contributed by atoms with van der Waals surface area (Å²) in [6.45, 7) is 2.33. The fourth-order valence-corrected chi connectivity index (χ4v) is 2.17. The van der Waals surface area contributed by atoms with Gasteiger partial charge in [-0.2, -0.15) is 0 Å². The summed E-state index contributed by atoms with van der Waals surface area (Å²) < 4.78 is 15.4. The Morgan fingerprint density at radius 2 is 1.58 bits per heavy atom. The molecule has 12 nitrogen and oxygen atoms in total. The average Bonchev–Trinajstić information content (AvgIpc) is 2.73. The molecule has 0 radical (unpaired) electrons. The first-order chi connectivity index (χ1) is 14.6. The number of carbonyl (C=O) groups excluding carboxylic acids is 2. The summed E-state index contributed by atoms with van der Waals surface area (Å²) in [4.78, 5) is 29.8. The minimum atomic E-state index is -1.53. The highest BCUT2D eigenvalue weighted by molar-refractivity contribution is 5.77. The Bertz CT molecular complexity index is 770. The van der Waals surface area contributed by atoms with Crippen LogP contribution >= 0.6 is 0 Å². The summed E-state index contributed by atoms with van der Waals surface area (Å²) in [5.41, 5.74) is 21.7. The lowest BCUT2D eigenvalue weighted by atomic mass is 9.93. The quantitative estimate of drug-likeness (QED) is 0.0991. The minimum absolute atomic E-state index is 0.00678. The first-order valence-electron chi connectivity index (χ1n) is 9.46. The van der Waals surface area contributed by atoms with Crippen LogP contribution in [0.25, 0.3) is 0 Å². The number of esters is 1. The zero-order valence-electron chi connectivity index (χ0n) is 17.7. The maximum Gasteiger partial charge on any atom is 0.508 e. The average molecular weight is 441 g/mol. The molecule has 1 rings (SSSR count). The number of benzene rings is 1. The Morgan fingerprint density at radius 1 is 1.03 bits per heavy atom. The van der Waals surface area contributed by atoms with Gasteiger partial charge in [0.05, 0.1) is 6.61 Å². The number of carbonyl (C=O) groups is 2. The second-order valence-corrected chi connectivity index (χ2v) is 7.23. The van der Waals surface area contributed by atoms with Gasteiger partial charge in [0.15, 0.2) is 6.10 Å². The van der Waals surface area contributed by atoms with E-state index in [1.165, 1.54) is 6.92 Å². The lowest BCUT2D eigenvalue weighted by Gasteiger charge is -2.26. The van der Waals surface area contributed by atoms with E-state index in [0.29, 0.717) is 0 Å².